The minimum atomic E-state index is -4.70. The zero-order chi connectivity index (χ0) is 21.3. The third-order valence-electron chi connectivity index (χ3n) is 4.96. The molecular weight excluding hydrogens is 407 g/mol. The van der Waals surface area contributed by atoms with Crippen LogP contribution >= 0.6 is 11.6 Å². The van der Waals surface area contributed by atoms with Crippen LogP contribution in [0.15, 0.2) is 42.5 Å². The predicted octanol–water partition coefficient (Wildman–Crippen LogP) is 5.78. The molecule has 0 bridgehead atoms. The van der Waals surface area contributed by atoms with Gasteiger partial charge in [0.1, 0.15) is 5.75 Å². The van der Waals surface area contributed by atoms with Crippen LogP contribution in [0.1, 0.15) is 29.2 Å². The van der Waals surface area contributed by atoms with Crippen LogP contribution in [0.4, 0.5) is 13.2 Å². The van der Waals surface area contributed by atoms with Gasteiger partial charge in [-0.05, 0) is 48.4 Å². The number of ether oxygens (including phenoxy) is 1. The largest absolute Gasteiger partial charge is 0.497 e. The van der Waals surface area contributed by atoms with Crippen molar-refractivity contribution in [1.82, 2.24) is 4.57 Å². The van der Waals surface area contributed by atoms with E-state index in [1.165, 1.54) is 13.2 Å². The molecule has 0 radical (unpaired) electrons. The zero-order valence-corrected chi connectivity index (χ0v) is 16.5. The molecule has 0 spiro atoms. The van der Waals surface area contributed by atoms with Crippen LogP contribution in [0.2, 0.25) is 5.02 Å². The number of halogens is 4. The van der Waals surface area contributed by atoms with Crippen molar-refractivity contribution in [1.29, 1.82) is 0 Å². The lowest BCUT2D eigenvalue weighted by Gasteiger charge is -2.20. The monoisotopic (exact) mass is 425 g/mol. The van der Waals surface area contributed by atoms with Crippen molar-refractivity contribution >= 4 is 28.5 Å². The number of hydrogen-bond donors (Lipinski definition) is 1. The van der Waals surface area contributed by atoms with Gasteiger partial charge < -0.3 is 14.4 Å². The van der Waals surface area contributed by atoms with Crippen molar-refractivity contribution in [3.8, 4) is 5.75 Å². The van der Waals surface area contributed by atoms with E-state index in [1.54, 1.807) is 47.9 Å². The van der Waals surface area contributed by atoms with Gasteiger partial charge in [-0.1, -0.05) is 23.7 Å². The maximum Gasteiger partial charge on any atom is 0.396 e. The van der Waals surface area contributed by atoms with E-state index in [2.05, 4.69) is 0 Å². The van der Waals surface area contributed by atoms with E-state index in [0.29, 0.717) is 33.9 Å². The van der Waals surface area contributed by atoms with Gasteiger partial charge in [0.2, 0.25) is 0 Å². The Morgan fingerprint density at radius 2 is 1.86 bits per heavy atom. The number of carbonyl (C=O) groups is 1. The molecule has 3 aromatic rings. The van der Waals surface area contributed by atoms with E-state index in [9.17, 15) is 18.0 Å². The molecule has 0 saturated carbocycles. The average molecular weight is 426 g/mol. The summed E-state index contributed by atoms with van der Waals surface area (Å²) in [5.74, 6) is -3.23. The first-order valence-electron chi connectivity index (χ1n) is 8.81. The minimum Gasteiger partial charge on any atom is -0.497 e. The summed E-state index contributed by atoms with van der Waals surface area (Å²) < 4.78 is 48.4. The van der Waals surface area contributed by atoms with Crippen molar-refractivity contribution in [2.75, 3.05) is 7.11 Å². The molecule has 1 aromatic heterocycles. The summed E-state index contributed by atoms with van der Waals surface area (Å²) in [5.41, 5.74) is 1.76. The fourth-order valence-corrected chi connectivity index (χ4v) is 3.71. The number of aromatic nitrogens is 1. The maximum absolute atomic E-state index is 13.8. The highest BCUT2D eigenvalue weighted by molar-refractivity contribution is 6.30. The van der Waals surface area contributed by atoms with Crippen LogP contribution in [0.5, 0.6) is 5.75 Å². The van der Waals surface area contributed by atoms with Crippen molar-refractivity contribution in [2.45, 2.75) is 32.0 Å². The molecule has 0 saturated heterocycles. The summed E-state index contributed by atoms with van der Waals surface area (Å²) in [7, 11) is 1.43. The summed E-state index contributed by atoms with van der Waals surface area (Å²) in [6, 6.07) is 11.9. The third-order valence-corrected chi connectivity index (χ3v) is 5.21. The molecule has 8 heteroatoms. The number of nitrogens with zero attached hydrogens (tertiary/aromatic N) is 1. The predicted molar refractivity (Wildman–Crippen MR) is 105 cm³/mol. The van der Waals surface area contributed by atoms with Crippen molar-refractivity contribution < 1.29 is 27.8 Å². The molecule has 0 aliphatic heterocycles. The highest BCUT2D eigenvalue weighted by Gasteiger charge is 2.44. The Hall–Kier alpha value is -2.67. The van der Waals surface area contributed by atoms with Crippen molar-refractivity contribution in [3.63, 3.8) is 0 Å². The van der Waals surface area contributed by atoms with Gasteiger partial charge in [0, 0.05) is 28.2 Å². The molecule has 0 fully saturated rings. The number of carboxylic acid groups (broad SMARTS) is 1. The number of aliphatic carboxylic acids is 1. The number of alkyl halides is 3. The maximum atomic E-state index is 13.8. The first-order valence-corrected chi connectivity index (χ1v) is 9.19. The number of hydrogen-bond acceptors (Lipinski definition) is 2. The lowest BCUT2D eigenvalue weighted by Crippen LogP contribution is -2.24. The number of carboxylic acids is 1. The van der Waals surface area contributed by atoms with Crippen LogP contribution in [-0.2, 0) is 11.3 Å². The standard InChI is InChI=1S/C21H19ClF3NO3/c1-12-20(17(10-19(27)28)21(23,24)25)16-9-15(29-2)7-8-18(16)26(12)11-13-3-5-14(22)6-4-13/h3-9,17H,10-11H2,1-2H3,(H,27,28). The quantitative estimate of drug-likeness (QED) is 0.544. The number of benzene rings is 2. The van der Waals surface area contributed by atoms with E-state index >= 15 is 0 Å². The van der Waals surface area contributed by atoms with Gasteiger partial charge in [-0.2, -0.15) is 13.2 Å². The summed E-state index contributed by atoms with van der Waals surface area (Å²) in [6.45, 7) is 1.90. The molecule has 29 heavy (non-hydrogen) atoms. The normalized spacial score (nSPS) is 12.9. The number of rotatable bonds is 6. The SMILES string of the molecule is COc1ccc2c(c1)c(C(CC(=O)O)C(F)(F)F)c(C)n2Cc1ccc(Cl)cc1. The van der Waals surface area contributed by atoms with Gasteiger partial charge in [-0.25, -0.2) is 0 Å². The molecule has 154 valence electrons. The molecule has 0 aliphatic carbocycles. The zero-order valence-electron chi connectivity index (χ0n) is 15.8. The lowest BCUT2D eigenvalue weighted by molar-refractivity contribution is -0.163. The molecule has 1 N–H and O–H groups in total. The van der Waals surface area contributed by atoms with E-state index in [4.69, 9.17) is 21.4 Å². The molecule has 0 aliphatic rings. The fourth-order valence-electron chi connectivity index (χ4n) is 3.59. The summed E-state index contributed by atoms with van der Waals surface area (Å²) in [5, 5.41) is 9.99. The minimum absolute atomic E-state index is 0.0391. The van der Waals surface area contributed by atoms with Crippen LogP contribution < -0.4 is 4.74 Å². The van der Waals surface area contributed by atoms with E-state index in [0.717, 1.165) is 5.56 Å². The molecule has 1 heterocycles. The van der Waals surface area contributed by atoms with Gasteiger partial charge in [0.25, 0.3) is 0 Å². The van der Waals surface area contributed by atoms with Crippen LogP contribution in [0, 0.1) is 6.92 Å². The van der Waals surface area contributed by atoms with Gasteiger partial charge in [-0.3, -0.25) is 4.79 Å². The average Bonchev–Trinajstić information content (AvgIpc) is 2.91. The molecule has 3 rings (SSSR count). The Kier molecular flexibility index (Phi) is 5.80. The second-order valence-corrected chi connectivity index (χ2v) is 7.22. The smallest absolute Gasteiger partial charge is 0.396 e. The topological polar surface area (TPSA) is 51.5 Å². The van der Waals surface area contributed by atoms with Crippen molar-refractivity contribution in [3.05, 3.63) is 64.3 Å². The second-order valence-electron chi connectivity index (χ2n) is 6.79. The van der Waals surface area contributed by atoms with Crippen LogP contribution in [-0.4, -0.2) is 28.9 Å². The van der Waals surface area contributed by atoms with Crippen molar-refractivity contribution in [2.24, 2.45) is 0 Å². The summed E-state index contributed by atoms with van der Waals surface area (Å²) in [6.07, 6.45) is -5.74. The Morgan fingerprint density at radius 3 is 2.41 bits per heavy atom. The molecule has 2 aromatic carbocycles. The van der Waals surface area contributed by atoms with E-state index < -0.39 is 24.5 Å². The molecule has 4 nitrogen and oxygen atoms in total. The van der Waals surface area contributed by atoms with Gasteiger partial charge in [0.05, 0.1) is 19.4 Å². The van der Waals surface area contributed by atoms with E-state index in [1.807, 2.05) is 0 Å². The second kappa shape index (κ2) is 7.99. The third kappa shape index (κ3) is 4.34. The Labute approximate surface area is 170 Å². The Morgan fingerprint density at radius 1 is 1.21 bits per heavy atom. The molecule has 1 atom stereocenters. The summed E-state index contributed by atoms with van der Waals surface area (Å²) >= 11 is 5.92. The number of fused-ring (bicyclic) bond motifs is 1. The van der Waals surface area contributed by atoms with Crippen LogP contribution in [0.25, 0.3) is 10.9 Å². The molecule has 1 unspecified atom stereocenters. The van der Waals surface area contributed by atoms with Gasteiger partial charge >= 0.3 is 12.1 Å². The van der Waals surface area contributed by atoms with Crippen LogP contribution in [0.3, 0.4) is 0 Å². The first kappa shape index (κ1) is 21.0. The van der Waals surface area contributed by atoms with E-state index in [-0.39, 0.29) is 5.56 Å². The first-order chi connectivity index (χ1) is 13.6. The fraction of sp³-hybridized carbons (Fsp3) is 0.286. The highest BCUT2D eigenvalue weighted by atomic mass is 35.5. The Bertz CT molecular complexity index is 1040. The Balaban J connectivity index is 2.23. The summed E-state index contributed by atoms with van der Waals surface area (Å²) in [4.78, 5) is 11.2. The van der Waals surface area contributed by atoms with Gasteiger partial charge in [0.15, 0.2) is 0 Å². The lowest BCUT2D eigenvalue weighted by atomic mass is 9.92. The molecule has 0 amide bonds. The molecular formula is C21H19ClF3NO3. The van der Waals surface area contributed by atoms with Gasteiger partial charge in [-0.15, -0.1) is 0 Å². The number of methoxy groups -OCH3 is 1. The highest BCUT2D eigenvalue weighted by Crippen LogP contribution is 2.44.